The Morgan fingerprint density at radius 1 is 1.14 bits per heavy atom. The summed E-state index contributed by atoms with van der Waals surface area (Å²) in [6.45, 7) is 9.80. The first-order valence-corrected chi connectivity index (χ1v) is 9.76. The zero-order chi connectivity index (χ0) is 20.7. The second-order valence-corrected chi connectivity index (χ2v) is 7.29. The molecule has 2 rings (SSSR count). The fourth-order valence-electron chi connectivity index (χ4n) is 3.05. The van der Waals surface area contributed by atoms with Gasteiger partial charge in [0.2, 0.25) is 0 Å². The molecular weight excluding hydrogens is 349 g/mol. The number of aryl methyl sites for hydroxylation is 2. The van der Waals surface area contributed by atoms with Crippen LogP contribution in [0, 0.1) is 25.6 Å². The third-order valence-electron chi connectivity index (χ3n) is 5.32. The van der Waals surface area contributed by atoms with Crippen LogP contribution in [0.2, 0.25) is 0 Å². The molecule has 148 valence electrons. The lowest BCUT2D eigenvalue weighted by atomic mass is 9.95. The Kier molecular flexibility index (Phi) is 7.74. The summed E-state index contributed by atoms with van der Waals surface area (Å²) in [5.74, 6) is -0.454. The number of nitrogens with one attached hydrogen (secondary N) is 1. The summed E-state index contributed by atoms with van der Waals surface area (Å²) in [5.41, 5.74) is 6.75. The zero-order valence-corrected chi connectivity index (χ0v) is 17.5. The van der Waals surface area contributed by atoms with Crippen LogP contribution in [-0.4, -0.2) is 5.78 Å². The summed E-state index contributed by atoms with van der Waals surface area (Å²) in [5, 5.41) is 3.30. The monoisotopic (exact) mass is 379 g/mol. The summed E-state index contributed by atoms with van der Waals surface area (Å²) in [4.78, 5) is 12.0. The highest BCUT2D eigenvalue weighted by atomic mass is 19.1. The quantitative estimate of drug-likeness (QED) is 0.527. The standard InChI is InChI=1S/C25H30FNO/c1-6-21(10-11-22-9-7-8-17(2)18(22)3)16-25(19(4)20(5)28)27-24-14-12-23(26)13-15-24/h6-9,12-16,19,27H,10-11H2,1-5H3/b21-6-,25-16+. The third-order valence-corrected chi connectivity index (χ3v) is 5.32. The molecule has 0 heterocycles. The van der Waals surface area contributed by atoms with Crippen LogP contribution in [0.15, 0.2) is 65.9 Å². The summed E-state index contributed by atoms with van der Waals surface area (Å²) < 4.78 is 13.2. The molecule has 0 saturated carbocycles. The van der Waals surface area contributed by atoms with Gasteiger partial charge in [-0.05, 0) is 94.5 Å². The van der Waals surface area contributed by atoms with Crippen molar-refractivity contribution in [2.24, 2.45) is 5.92 Å². The van der Waals surface area contributed by atoms with Gasteiger partial charge in [0.15, 0.2) is 0 Å². The highest BCUT2D eigenvalue weighted by Crippen LogP contribution is 2.22. The fraction of sp³-hybridized carbons (Fsp3) is 0.320. The number of hydrogen-bond acceptors (Lipinski definition) is 2. The van der Waals surface area contributed by atoms with E-state index >= 15 is 0 Å². The lowest BCUT2D eigenvalue weighted by molar-refractivity contribution is -0.119. The van der Waals surface area contributed by atoms with E-state index in [0.29, 0.717) is 0 Å². The van der Waals surface area contributed by atoms with Gasteiger partial charge >= 0.3 is 0 Å². The Labute approximate surface area is 168 Å². The Bertz CT molecular complexity index is 878. The maximum absolute atomic E-state index is 13.2. The van der Waals surface area contributed by atoms with Gasteiger partial charge in [-0.1, -0.05) is 29.8 Å². The van der Waals surface area contributed by atoms with E-state index in [1.54, 1.807) is 19.1 Å². The average Bonchev–Trinajstić information content (AvgIpc) is 2.68. The van der Waals surface area contributed by atoms with E-state index in [1.807, 2.05) is 13.8 Å². The van der Waals surface area contributed by atoms with Crippen molar-refractivity contribution in [3.05, 3.63) is 88.4 Å². The molecule has 0 aromatic heterocycles. The van der Waals surface area contributed by atoms with Gasteiger partial charge in [0.05, 0.1) is 5.92 Å². The smallest absolute Gasteiger partial charge is 0.138 e. The van der Waals surface area contributed by atoms with E-state index < -0.39 is 0 Å². The van der Waals surface area contributed by atoms with Crippen molar-refractivity contribution in [3.8, 4) is 0 Å². The van der Waals surface area contributed by atoms with Crippen LogP contribution in [0.4, 0.5) is 10.1 Å². The second-order valence-electron chi connectivity index (χ2n) is 7.29. The van der Waals surface area contributed by atoms with Crippen LogP contribution >= 0.6 is 0 Å². The molecule has 1 atom stereocenters. The number of halogens is 1. The first-order valence-electron chi connectivity index (χ1n) is 9.76. The number of rotatable bonds is 8. The summed E-state index contributed by atoms with van der Waals surface area (Å²) in [6.07, 6.45) is 5.98. The van der Waals surface area contributed by atoms with Crippen molar-refractivity contribution >= 4 is 11.5 Å². The molecular formula is C25H30FNO. The van der Waals surface area contributed by atoms with Crippen LogP contribution < -0.4 is 5.32 Å². The SMILES string of the molecule is C/C=C(\C=C(\Nc1ccc(F)cc1)C(C)C(C)=O)CCc1cccc(C)c1C. The third kappa shape index (κ3) is 5.91. The number of ketones is 1. The molecule has 0 fully saturated rings. The molecule has 28 heavy (non-hydrogen) atoms. The summed E-state index contributed by atoms with van der Waals surface area (Å²) >= 11 is 0. The molecule has 0 saturated heterocycles. The number of carbonyl (C=O) groups is 1. The van der Waals surface area contributed by atoms with Gasteiger partial charge in [0, 0.05) is 11.4 Å². The van der Waals surface area contributed by atoms with Gasteiger partial charge in [-0.25, -0.2) is 4.39 Å². The van der Waals surface area contributed by atoms with Crippen LogP contribution in [0.3, 0.4) is 0 Å². The molecule has 2 nitrogen and oxygen atoms in total. The lowest BCUT2D eigenvalue weighted by Crippen LogP contribution is -2.16. The first-order chi connectivity index (χ1) is 13.3. The normalized spacial score (nSPS) is 13.4. The summed E-state index contributed by atoms with van der Waals surface area (Å²) in [7, 11) is 0. The van der Waals surface area contributed by atoms with E-state index in [0.717, 1.165) is 24.2 Å². The predicted octanol–water partition coefficient (Wildman–Crippen LogP) is 6.54. The maximum Gasteiger partial charge on any atom is 0.138 e. The van der Waals surface area contributed by atoms with Crippen molar-refractivity contribution < 1.29 is 9.18 Å². The Morgan fingerprint density at radius 2 is 1.82 bits per heavy atom. The number of anilines is 1. The minimum absolute atomic E-state index is 0.0887. The highest BCUT2D eigenvalue weighted by Gasteiger charge is 2.15. The van der Waals surface area contributed by atoms with Gasteiger partial charge in [-0.2, -0.15) is 0 Å². The van der Waals surface area contributed by atoms with Gasteiger partial charge in [0.1, 0.15) is 11.6 Å². The Morgan fingerprint density at radius 3 is 2.43 bits per heavy atom. The Hall–Kier alpha value is -2.68. The topological polar surface area (TPSA) is 29.1 Å². The van der Waals surface area contributed by atoms with Gasteiger partial charge < -0.3 is 5.32 Å². The van der Waals surface area contributed by atoms with E-state index in [9.17, 15) is 9.18 Å². The molecule has 0 aliphatic rings. The molecule has 0 aliphatic carbocycles. The molecule has 1 unspecified atom stereocenters. The van der Waals surface area contributed by atoms with Gasteiger partial charge in [0.25, 0.3) is 0 Å². The number of benzene rings is 2. The van der Waals surface area contributed by atoms with Gasteiger partial charge in [-0.15, -0.1) is 0 Å². The molecule has 1 N–H and O–H groups in total. The fourth-order valence-corrected chi connectivity index (χ4v) is 3.05. The lowest BCUT2D eigenvalue weighted by Gasteiger charge is -2.17. The van der Waals surface area contributed by atoms with E-state index in [1.165, 1.54) is 34.4 Å². The molecule has 0 radical (unpaired) electrons. The predicted molar refractivity (Wildman–Crippen MR) is 116 cm³/mol. The molecule has 2 aromatic carbocycles. The molecule has 0 amide bonds. The molecule has 0 bridgehead atoms. The minimum Gasteiger partial charge on any atom is -0.358 e. The molecule has 2 aromatic rings. The number of allylic oxidation sites excluding steroid dienone is 4. The average molecular weight is 380 g/mol. The molecule has 0 aliphatic heterocycles. The molecule has 3 heteroatoms. The molecule has 0 spiro atoms. The number of carbonyl (C=O) groups excluding carboxylic acids is 1. The minimum atomic E-state index is -0.279. The number of hydrogen-bond donors (Lipinski definition) is 1. The van der Waals surface area contributed by atoms with Crippen molar-refractivity contribution in [1.29, 1.82) is 0 Å². The number of Topliss-reactive ketones (excluding diaryl/α,β-unsaturated/α-hetero) is 1. The van der Waals surface area contributed by atoms with E-state index in [2.05, 4.69) is 49.5 Å². The maximum atomic E-state index is 13.2. The van der Waals surface area contributed by atoms with Crippen LogP contribution in [0.5, 0.6) is 0 Å². The van der Waals surface area contributed by atoms with Crippen molar-refractivity contribution in [2.45, 2.75) is 47.5 Å². The van der Waals surface area contributed by atoms with Crippen molar-refractivity contribution in [1.82, 2.24) is 0 Å². The Balaban J connectivity index is 2.22. The largest absolute Gasteiger partial charge is 0.358 e. The summed E-state index contributed by atoms with van der Waals surface area (Å²) in [6, 6.07) is 12.6. The van der Waals surface area contributed by atoms with Crippen LogP contribution in [0.25, 0.3) is 0 Å². The van der Waals surface area contributed by atoms with Crippen LogP contribution in [0.1, 0.15) is 43.9 Å². The van der Waals surface area contributed by atoms with E-state index in [-0.39, 0.29) is 17.5 Å². The second kappa shape index (κ2) is 10.0. The van der Waals surface area contributed by atoms with Crippen LogP contribution in [-0.2, 0) is 11.2 Å². The zero-order valence-electron chi connectivity index (χ0n) is 17.5. The van der Waals surface area contributed by atoms with Gasteiger partial charge in [-0.3, -0.25) is 4.79 Å². The first kappa shape index (κ1) is 21.6. The van der Waals surface area contributed by atoms with Crippen molar-refractivity contribution in [2.75, 3.05) is 5.32 Å². The highest BCUT2D eigenvalue weighted by molar-refractivity contribution is 5.82. The van der Waals surface area contributed by atoms with Crippen molar-refractivity contribution in [3.63, 3.8) is 0 Å². The van der Waals surface area contributed by atoms with E-state index in [4.69, 9.17) is 0 Å².